The van der Waals surface area contributed by atoms with Crippen LogP contribution in [-0.2, 0) is 12.8 Å². The van der Waals surface area contributed by atoms with Crippen LogP contribution in [0.4, 0.5) is 4.39 Å². The average molecular weight is 375 g/mol. The summed E-state index contributed by atoms with van der Waals surface area (Å²) in [4.78, 5) is 12.4. The zero-order chi connectivity index (χ0) is 16.8. The topological polar surface area (TPSA) is 22.0 Å². The summed E-state index contributed by atoms with van der Waals surface area (Å²) in [6.07, 6.45) is 2.25. The lowest BCUT2D eigenvalue weighted by atomic mass is 9.92. The second kappa shape index (κ2) is 6.12. The molecule has 0 fully saturated rings. The zero-order valence-electron chi connectivity index (χ0n) is 12.5. The Kier molecular flexibility index (Phi) is 4.47. The number of benzene rings is 1. The molecule has 2 aromatic rings. The lowest BCUT2D eigenvalue weighted by Crippen LogP contribution is -2.15. The van der Waals surface area contributed by atoms with Crippen LogP contribution >= 0.6 is 34.8 Å². The van der Waals surface area contributed by atoms with Crippen molar-refractivity contribution in [2.45, 2.75) is 36.4 Å². The van der Waals surface area contributed by atoms with Crippen molar-refractivity contribution in [3.05, 3.63) is 52.6 Å². The predicted molar refractivity (Wildman–Crippen MR) is 91.7 cm³/mol. The number of fused-ring (bicyclic) bond motifs is 1. The van der Waals surface area contributed by atoms with E-state index in [2.05, 4.69) is 0 Å². The Labute approximate surface area is 149 Å². The number of rotatable bonds is 2. The summed E-state index contributed by atoms with van der Waals surface area (Å²) < 4.78 is 13.7. The van der Waals surface area contributed by atoms with Crippen molar-refractivity contribution in [1.82, 2.24) is 4.57 Å². The normalized spacial score (nSPS) is 14.9. The van der Waals surface area contributed by atoms with Gasteiger partial charge in [0.2, 0.25) is 0 Å². The van der Waals surface area contributed by atoms with Crippen molar-refractivity contribution in [3.63, 3.8) is 0 Å². The molecular formula is C17H15Cl3FNO. The summed E-state index contributed by atoms with van der Waals surface area (Å²) >= 11 is 17.9. The van der Waals surface area contributed by atoms with Gasteiger partial charge in [-0.25, -0.2) is 4.39 Å². The molecule has 1 heterocycles. The van der Waals surface area contributed by atoms with Crippen LogP contribution in [0, 0.1) is 12.7 Å². The number of alkyl halides is 3. The van der Waals surface area contributed by atoms with E-state index in [1.807, 2.05) is 11.5 Å². The Morgan fingerprint density at radius 3 is 2.43 bits per heavy atom. The smallest absolute Gasteiger partial charge is 0.194 e. The molecule has 0 radical (unpaired) electrons. The largest absolute Gasteiger partial charge is 0.317 e. The number of hydrogen-bond acceptors (Lipinski definition) is 1. The molecule has 0 spiro atoms. The first kappa shape index (κ1) is 16.8. The second-order valence-electron chi connectivity index (χ2n) is 5.77. The SMILES string of the molecule is Cc1c(CC(Cl)(Cl)Cl)c2c(n1-c1ccc(F)cc1)CCCC2=O. The lowest BCUT2D eigenvalue weighted by molar-refractivity contribution is 0.0971. The van der Waals surface area contributed by atoms with Gasteiger partial charge in [-0.3, -0.25) is 4.79 Å². The fourth-order valence-corrected chi connectivity index (χ4v) is 3.67. The summed E-state index contributed by atoms with van der Waals surface area (Å²) in [5.41, 5.74) is 4.04. The zero-order valence-corrected chi connectivity index (χ0v) is 14.8. The molecule has 0 unspecified atom stereocenters. The van der Waals surface area contributed by atoms with Gasteiger partial charge < -0.3 is 4.57 Å². The number of aromatic nitrogens is 1. The van der Waals surface area contributed by atoms with E-state index in [1.165, 1.54) is 12.1 Å². The van der Waals surface area contributed by atoms with Crippen molar-refractivity contribution < 1.29 is 9.18 Å². The van der Waals surface area contributed by atoms with E-state index in [4.69, 9.17) is 34.8 Å². The van der Waals surface area contributed by atoms with Gasteiger partial charge in [-0.15, -0.1) is 0 Å². The minimum Gasteiger partial charge on any atom is -0.317 e. The highest BCUT2D eigenvalue weighted by molar-refractivity contribution is 6.67. The summed E-state index contributed by atoms with van der Waals surface area (Å²) in [6, 6.07) is 6.20. The van der Waals surface area contributed by atoms with Gasteiger partial charge in [0, 0.05) is 35.5 Å². The van der Waals surface area contributed by atoms with Crippen LogP contribution in [-0.4, -0.2) is 14.1 Å². The van der Waals surface area contributed by atoms with Gasteiger partial charge in [0.25, 0.3) is 0 Å². The summed E-state index contributed by atoms with van der Waals surface area (Å²) in [6.45, 7) is 1.90. The van der Waals surface area contributed by atoms with Crippen molar-refractivity contribution >= 4 is 40.6 Å². The number of carbonyl (C=O) groups excluding carboxylic acids is 1. The van der Waals surface area contributed by atoms with E-state index in [-0.39, 0.29) is 18.0 Å². The third-order valence-electron chi connectivity index (χ3n) is 4.19. The molecule has 23 heavy (non-hydrogen) atoms. The molecule has 0 saturated carbocycles. The number of ketones is 1. The Hall–Kier alpha value is -1.03. The third kappa shape index (κ3) is 3.28. The molecule has 6 heteroatoms. The molecule has 3 rings (SSSR count). The van der Waals surface area contributed by atoms with Crippen LogP contribution in [0.15, 0.2) is 24.3 Å². The van der Waals surface area contributed by atoms with Crippen LogP contribution < -0.4 is 0 Å². The van der Waals surface area contributed by atoms with Crippen molar-refractivity contribution in [2.24, 2.45) is 0 Å². The summed E-state index contributed by atoms with van der Waals surface area (Å²) in [5.74, 6) is -0.218. The first-order valence-corrected chi connectivity index (χ1v) is 8.50. The Morgan fingerprint density at radius 1 is 1.17 bits per heavy atom. The molecular weight excluding hydrogens is 360 g/mol. The van der Waals surface area contributed by atoms with Gasteiger partial charge in [-0.05, 0) is 49.6 Å². The summed E-state index contributed by atoms with van der Waals surface area (Å²) in [7, 11) is 0. The molecule has 1 aromatic heterocycles. The Bertz CT molecular complexity index is 760. The van der Waals surface area contributed by atoms with Crippen LogP contribution in [0.5, 0.6) is 0 Å². The molecule has 0 atom stereocenters. The fourth-order valence-electron chi connectivity index (χ4n) is 3.27. The minimum atomic E-state index is -1.47. The number of Topliss-reactive ketones (excluding diaryl/α,β-unsaturated/α-hetero) is 1. The Morgan fingerprint density at radius 2 is 1.83 bits per heavy atom. The van der Waals surface area contributed by atoms with Gasteiger partial charge in [0.05, 0.1) is 0 Å². The quantitative estimate of drug-likeness (QED) is 0.649. The molecule has 122 valence electrons. The van der Waals surface area contributed by atoms with E-state index in [0.29, 0.717) is 12.0 Å². The highest BCUT2D eigenvalue weighted by atomic mass is 35.6. The first-order valence-electron chi connectivity index (χ1n) is 7.37. The standard InChI is InChI=1S/C17H15Cl3FNO/c1-10-13(9-17(18,19)20)16-14(3-2-4-15(16)23)22(10)12-7-5-11(21)6-8-12/h5-8H,2-4,9H2,1H3. The summed E-state index contributed by atoms with van der Waals surface area (Å²) in [5, 5.41) is 0. The molecule has 2 nitrogen and oxygen atoms in total. The predicted octanol–water partition coefficient (Wildman–Crippen LogP) is 5.36. The van der Waals surface area contributed by atoms with Gasteiger partial charge in [-0.1, -0.05) is 34.8 Å². The monoisotopic (exact) mass is 373 g/mol. The molecule has 0 aliphatic heterocycles. The van der Waals surface area contributed by atoms with Crippen molar-refractivity contribution in [3.8, 4) is 5.69 Å². The van der Waals surface area contributed by atoms with Gasteiger partial charge in [0.1, 0.15) is 5.82 Å². The lowest BCUT2D eigenvalue weighted by Gasteiger charge is -2.16. The Balaban J connectivity index is 2.22. The second-order valence-corrected chi connectivity index (χ2v) is 8.28. The number of carbonyl (C=O) groups is 1. The highest BCUT2D eigenvalue weighted by Gasteiger charge is 2.32. The highest BCUT2D eigenvalue weighted by Crippen LogP contribution is 2.38. The average Bonchev–Trinajstić information content (AvgIpc) is 2.72. The molecule has 1 aromatic carbocycles. The van der Waals surface area contributed by atoms with Gasteiger partial charge in [0.15, 0.2) is 9.58 Å². The molecule has 1 aliphatic rings. The third-order valence-corrected chi connectivity index (χ3v) is 4.59. The molecule has 0 saturated heterocycles. The van der Waals surface area contributed by atoms with Crippen LogP contribution in [0.1, 0.15) is 40.2 Å². The molecule has 0 bridgehead atoms. The van der Waals surface area contributed by atoms with Crippen molar-refractivity contribution in [2.75, 3.05) is 0 Å². The van der Waals surface area contributed by atoms with Crippen LogP contribution in [0.2, 0.25) is 0 Å². The van der Waals surface area contributed by atoms with E-state index >= 15 is 0 Å². The number of hydrogen-bond donors (Lipinski definition) is 0. The van der Waals surface area contributed by atoms with Gasteiger partial charge >= 0.3 is 0 Å². The first-order chi connectivity index (χ1) is 10.8. The minimum absolute atomic E-state index is 0.0828. The number of nitrogens with zero attached hydrogens (tertiary/aromatic N) is 1. The molecule has 0 N–H and O–H groups in total. The maximum absolute atomic E-state index is 13.2. The fraction of sp³-hybridized carbons (Fsp3) is 0.353. The van der Waals surface area contributed by atoms with E-state index < -0.39 is 3.79 Å². The van der Waals surface area contributed by atoms with E-state index in [1.54, 1.807) is 12.1 Å². The van der Waals surface area contributed by atoms with Crippen LogP contribution in [0.25, 0.3) is 5.69 Å². The molecule has 1 aliphatic carbocycles. The van der Waals surface area contributed by atoms with E-state index in [9.17, 15) is 9.18 Å². The number of halogens is 4. The van der Waals surface area contributed by atoms with Gasteiger partial charge in [-0.2, -0.15) is 0 Å². The van der Waals surface area contributed by atoms with E-state index in [0.717, 1.165) is 35.5 Å². The van der Waals surface area contributed by atoms with Crippen molar-refractivity contribution in [1.29, 1.82) is 0 Å². The maximum atomic E-state index is 13.2. The maximum Gasteiger partial charge on any atom is 0.194 e. The molecule has 0 amide bonds. The van der Waals surface area contributed by atoms with Crippen LogP contribution in [0.3, 0.4) is 0 Å².